The van der Waals surface area contributed by atoms with Gasteiger partial charge in [0.2, 0.25) is 0 Å². The van der Waals surface area contributed by atoms with Crippen LogP contribution in [0, 0.1) is 6.92 Å². The first-order valence-corrected chi connectivity index (χ1v) is 16.0. The Labute approximate surface area is 251 Å². The number of thiazole rings is 1. The lowest BCUT2D eigenvalue weighted by atomic mass is 9.81. The zero-order valence-corrected chi connectivity index (χ0v) is 24.9. The normalized spacial score (nSPS) is 14.7. The molecule has 7 rings (SSSR count). The molecule has 5 heterocycles. The van der Waals surface area contributed by atoms with Crippen LogP contribution in [-0.4, -0.2) is 42.2 Å². The molecule has 1 fully saturated rings. The van der Waals surface area contributed by atoms with Crippen molar-refractivity contribution in [3.8, 4) is 21.7 Å². The second kappa shape index (κ2) is 10.1. The molecule has 1 N–H and O–H groups in total. The van der Waals surface area contributed by atoms with Gasteiger partial charge in [0.25, 0.3) is 10.0 Å². The molecular weight excluding hydrogens is 592 g/mol. The number of hydrogen-bond donors (Lipinski definition) is 1. The fraction of sp³-hybridized carbons (Fsp3) is 0.200. The topological polar surface area (TPSA) is 116 Å². The predicted molar refractivity (Wildman–Crippen MR) is 162 cm³/mol. The second-order valence-corrected chi connectivity index (χ2v) is 13.8. The van der Waals surface area contributed by atoms with E-state index in [0.29, 0.717) is 51.6 Å². The summed E-state index contributed by atoms with van der Waals surface area (Å²) >= 11 is 8.10. The Morgan fingerprint density at radius 1 is 1.07 bits per heavy atom. The zero-order valence-electron chi connectivity index (χ0n) is 22.5. The second-order valence-electron chi connectivity index (χ2n) is 10.5. The van der Waals surface area contributed by atoms with Gasteiger partial charge in [0.15, 0.2) is 5.65 Å². The smallest absolute Gasteiger partial charge is 0.269 e. The van der Waals surface area contributed by atoms with Crippen LogP contribution in [0.4, 0.5) is 0 Å². The summed E-state index contributed by atoms with van der Waals surface area (Å²) in [5.74, 6) is 0. The summed E-state index contributed by atoms with van der Waals surface area (Å²) in [7, 11) is -4.08. The summed E-state index contributed by atoms with van der Waals surface area (Å²) in [5, 5.41) is 17.0. The Morgan fingerprint density at radius 2 is 1.88 bits per heavy atom. The van der Waals surface area contributed by atoms with Gasteiger partial charge in [0.05, 0.1) is 33.2 Å². The monoisotopic (exact) mass is 616 g/mol. The average molecular weight is 617 g/mol. The summed E-state index contributed by atoms with van der Waals surface area (Å²) in [4.78, 5) is 14.1. The Hall–Kier alpha value is -3.90. The molecule has 0 atom stereocenters. The number of rotatable bonds is 7. The number of nitrogens with zero attached hydrogens (tertiary/aromatic N) is 6. The third kappa shape index (κ3) is 4.53. The van der Waals surface area contributed by atoms with Crippen LogP contribution in [0.1, 0.15) is 35.4 Å². The third-order valence-corrected chi connectivity index (χ3v) is 10.8. The van der Waals surface area contributed by atoms with Crippen molar-refractivity contribution < 1.29 is 13.5 Å². The molecule has 0 unspecified atom stereocenters. The van der Waals surface area contributed by atoms with Crippen LogP contribution in [0.25, 0.3) is 32.7 Å². The Morgan fingerprint density at radius 3 is 2.60 bits per heavy atom. The number of benzene rings is 1. The summed E-state index contributed by atoms with van der Waals surface area (Å²) in [6, 6.07) is 12.3. The van der Waals surface area contributed by atoms with Gasteiger partial charge in [0, 0.05) is 47.5 Å². The molecule has 42 heavy (non-hydrogen) atoms. The molecule has 1 aromatic carbocycles. The van der Waals surface area contributed by atoms with Crippen LogP contribution in [0.15, 0.2) is 84.5 Å². The van der Waals surface area contributed by atoms with E-state index in [0.717, 1.165) is 22.4 Å². The van der Waals surface area contributed by atoms with Gasteiger partial charge in [-0.2, -0.15) is 5.10 Å². The fourth-order valence-electron chi connectivity index (χ4n) is 5.20. The van der Waals surface area contributed by atoms with Gasteiger partial charge < -0.3 is 5.11 Å². The molecule has 0 saturated heterocycles. The Bertz CT molecular complexity index is 2050. The first-order valence-electron chi connectivity index (χ1n) is 13.4. The number of halogens is 1. The molecule has 5 aromatic heterocycles. The van der Waals surface area contributed by atoms with E-state index in [9.17, 15) is 13.5 Å². The van der Waals surface area contributed by atoms with E-state index in [4.69, 9.17) is 11.6 Å². The predicted octanol–water partition coefficient (Wildman–Crippen LogP) is 6.04. The molecule has 0 amide bonds. The van der Waals surface area contributed by atoms with Crippen molar-refractivity contribution in [2.75, 3.05) is 0 Å². The van der Waals surface area contributed by atoms with Gasteiger partial charge in [-0.3, -0.25) is 9.67 Å². The lowest BCUT2D eigenvalue weighted by Crippen LogP contribution is -2.33. The van der Waals surface area contributed by atoms with E-state index in [1.54, 1.807) is 66.0 Å². The van der Waals surface area contributed by atoms with Crippen molar-refractivity contribution in [2.45, 2.75) is 43.2 Å². The molecule has 12 heteroatoms. The molecular formula is C30H25ClN6O3S2. The Balaban J connectivity index is 1.43. The van der Waals surface area contributed by atoms with Gasteiger partial charge in [-0.05, 0) is 56.0 Å². The lowest BCUT2D eigenvalue weighted by Gasteiger charge is -2.34. The van der Waals surface area contributed by atoms with Crippen LogP contribution >= 0.6 is 22.9 Å². The Kier molecular flexibility index (Phi) is 6.50. The lowest BCUT2D eigenvalue weighted by molar-refractivity contribution is -0.0389. The van der Waals surface area contributed by atoms with Crippen LogP contribution in [0.2, 0.25) is 5.02 Å². The highest BCUT2D eigenvalue weighted by Crippen LogP contribution is 2.47. The summed E-state index contributed by atoms with van der Waals surface area (Å²) in [6.45, 7) is 2.38. The van der Waals surface area contributed by atoms with Crippen molar-refractivity contribution >= 4 is 44.0 Å². The maximum Gasteiger partial charge on any atom is 0.269 e. The molecule has 0 radical (unpaired) electrons. The van der Waals surface area contributed by atoms with Crippen molar-refractivity contribution in [1.82, 2.24) is 28.7 Å². The highest BCUT2D eigenvalue weighted by atomic mass is 35.5. The van der Waals surface area contributed by atoms with Crippen molar-refractivity contribution in [1.29, 1.82) is 0 Å². The number of aryl methyl sites for hydroxylation is 1. The number of aliphatic hydroxyl groups is 1. The fourth-order valence-corrected chi connectivity index (χ4v) is 8.13. The van der Waals surface area contributed by atoms with Crippen LogP contribution in [0.5, 0.6) is 0 Å². The molecule has 6 aromatic rings. The molecule has 0 bridgehead atoms. The largest absolute Gasteiger partial charge is 0.383 e. The molecule has 1 saturated carbocycles. The summed E-state index contributed by atoms with van der Waals surface area (Å²) < 4.78 is 31.5. The molecule has 1 aliphatic rings. The number of hydrogen-bond acceptors (Lipinski definition) is 8. The quantitative estimate of drug-likeness (QED) is 0.233. The molecule has 0 spiro atoms. The zero-order chi connectivity index (χ0) is 29.1. The first-order chi connectivity index (χ1) is 20.2. The van der Waals surface area contributed by atoms with Crippen molar-refractivity contribution in [3.63, 3.8) is 0 Å². The van der Waals surface area contributed by atoms with Crippen LogP contribution in [-0.2, 0) is 22.2 Å². The van der Waals surface area contributed by atoms with Gasteiger partial charge in [-0.25, -0.2) is 22.4 Å². The highest BCUT2D eigenvalue weighted by molar-refractivity contribution is 7.90. The summed E-state index contributed by atoms with van der Waals surface area (Å²) in [6.07, 6.45) is 12.4. The third-order valence-electron chi connectivity index (χ3n) is 7.63. The van der Waals surface area contributed by atoms with Gasteiger partial charge in [-0.1, -0.05) is 35.4 Å². The minimum Gasteiger partial charge on any atom is -0.383 e. The van der Waals surface area contributed by atoms with Gasteiger partial charge >= 0.3 is 0 Å². The minimum atomic E-state index is -4.08. The maximum atomic E-state index is 14.2. The minimum absolute atomic E-state index is 0.139. The molecule has 212 valence electrons. The van der Waals surface area contributed by atoms with Crippen LogP contribution in [0.3, 0.4) is 0 Å². The van der Waals surface area contributed by atoms with E-state index < -0.39 is 15.6 Å². The van der Waals surface area contributed by atoms with Gasteiger partial charge in [-0.15, -0.1) is 11.3 Å². The number of fused-ring (bicyclic) bond motifs is 1. The van der Waals surface area contributed by atoms with Crippen LogP contribution < -0.4 is 0 Å². The molecule has 1 aliphatic carbocycles. The highest BCUT2D eigenvalue weighted by Gasteiger charge is 2.39. The maximum absolute atomic E-state index is 14.2. The number of aromatic nitrogens is 6. The number of pyridine rings is 2. The van der Waals surface area contributed by atoms with Crippen molar-refractivity contribution in [2.24, 2.45) is 0 Å². The van der Waals surface area contributed by atoms with Gasteiger partial charge in [0.1, 0.15) is 10.6 Å². The average Bonchev–Trinajstić information content (AvgIpc) is 3.71. The first kappa shape index (κ1) is 27.0. The van der Waals surface area contributed by atoms with E-state index in [1.165, 1.54) is 21.5 Å². The summed E-state index contributed by atoms with van der Waals surface area (Å²) in [5.41, 5.74) is 2.85. The molecule has 0 aliphatic heterocycles. The van der Waals surface area contributed by atoms with E-state index >= 15 is 0 Å². The standard InChI is InChI=1S/C30H25ClN6O3S2/c1-19-5-7-22(8-6-19)42(39,40)37-25(21-14-35-36(18-21)17-20-4-2-11-32-13-20)12-23-27(24(31)15-33-28(23)37)26-16-34-29(41-26)30(38)9-3-10-30/h2,4-8,11-16,18,38H,3,9-10,17H2,1H3. The molecule has 9 nitrogen and oxygen atoms in total. The SMILES string of the molecule is Cc1ccc(S(=O)(=O)n2c(-c3cnn(Cc4cccnc4)c3)cc3c(-c4cnc(C5(O)CCC5)s4)c(Cl)cnc32)cc1. The van der Waals surface area contributed by atoms with E-state index in [1.807, 2.05) is 19.1 Å². The van der Waals surface area contributed by atoms with E-state index in [-0.39, 0.29) is 10.5 Å². The van der Waals surface area contributed by atoms with E-state index in [2.05, 4.69) is 20.1 Å². The van der Waals surface area contributed by atoms with Crippen molar-refractivity contribution in [3.05, 3.63) is 101 Å².